The summed E-state index contributed by atoms with van der Waals surface area (Å²) in [4.78, 5) is 24.1. The number of rotatable bonds is 8. The minimum atomic E-state index is -0.983. The normalized spacial score (nSPS) is 11.5. The molecule has 2 aromatic carbocycles. The molecule has 0 radical (unpaired) electrons. The summed E-state index contributed by atoms with van der Waals surface area (Å²) in [6.07, 6.45) is -0.0577. The van der Waals surface area contributed by atoms with Crippen LogP contribution < -0.4 is 14.8 Å². The maximum absolute atomic E-state index is 11.8. The number of carbonyl (C=O) groups is 2. The number of nitrogens with zero attached hydrogens (tertiary/aromatic N) is 1. The van der Waals surface area contributed by atoms with Crippen molar-refractivity contribution in [1.29, 1.82) is 0 Å². The fourth-order valence-corrected chi connectivity index (χ4v) is 2.38. The third-order valence-corrected chi connectivity index (χ3v) is 3.84. The molecule has 0 bridgehead atoms. The monoisotopic (exact) mass is 372 g/mol. The highest BCUT2D eigenvalue weighted by molar-refractivity contribution is 5.87. The molecule has 2 aromatic rings. The molecular formula is C20H24N2O5. The van der Waals surface area contributed by atoms with Gasteiger partial charge >= 0.3 is 12.1 Å². The van der Waals surface area contributed by atoms with Crippen molar-refractivity contribution in [1.82, 2.24) is 10.2 Å². The molecular weight excluding hydrogens is 348 g/mol. The highest BCUT2D eigenvalue weighted by Crippen LogP contribution is 2.27. The first-order valence-electron chi connectivity index (χ1n) is 8.54. The Hall–Kier alpha value is -3.06. The van der Waals surface area contributed by atoms with Crippen molar-refractivity contribution < 1.29 is 24.2 Å². The Morgan fingerprint density at radius 2 is 1.81 bits per heavy atom. The number of carboxylic acids is 1. The quantitative estimate of drug-likeness (QED) is 0.740. The molecule has 0 spiro atoms. The van der Waals surface area contributed by atoms with Gasteiger partial charge in [0.15, 0.2) is 0 Å². The molecule has 0 saturated heterocycles. The molecule has 0 aliphatic heterocycles. The van der Waals surface area contributed by atoms with Crippen LogP contribution in [0.4, 0.5) is 4.79 Å². The first-order chi connectivity index (χ1) is 12.9. The Balaban J connectivity index is 2.19. The van der Waals surface area contributed by atoms with Gasteiger partial charge in [-0.05, 0) is 55.6 Å². The molecule has 144 valence electrons. The van der Waals surface area contributed by atoms with Crippen LogP contribution in [0.25, 0.3) is 0 Å². The third-order valence-electron chi connectivity index (χ3n) is 3.84. The van der Waals surface area contributed by atoms with Crippen molar-refractivity contribution in [3.63, 3.8) is 0 Å². The molecule has 1 atom stereocenters. The molecule has 1 unspecified atom stereocenters. The Labute approximate surface area is 158 Å². The largest absolute Gasteiger partial charge is 0.486 e. The van der Waals surface area contributed by atoms with E-state index in [4.69, 9.17) is 14.6 Å². The molecule has 1 amide bonds. The molecule has 27 heavy (non-hydrogen) atoms. The summed E-state index contributed by atoms with van der Waals surface area (Å²) in [6.45, 7) is 0.722. The summed E-state index contributed by atoms with van der Waals surface area (Å²) in [6, 6.07) is 13.5. The summed E-state index contributed by atoms with van der Waals surface area (Å²) >= 11 is 0. The minimum absolute atomic E-state index is 0.201. The fraction of sp³-hybridized carbons (Fsp3) is 0.300. The predicted octanol–water partition coefficient (Wildman–Crippen LogP) is 3.17. The molecule has 7 heteroatoms. The van der Waals surface area contributed by atoms with E-state index in [1.54, 1.807) is 44.4 Å². The number of hydrogen-bond donors (Lipinski definition) is 2. The first kappa shape index (κ1) is 20.3. The van der Waals surface area contributed by atoms with Crippen LogP contribution in [0.15, 0.2) is 48.5 Å². The number of carboxylic acid groups (broad SMARTS) is 1. The summed E-state index contributed by atoms with van der Waals surface area (Å²) in [7, 11) is 5.09. The van der Waals surface area contributed by atoms with Crippen LogP contribution in [-0.2, 0) is 0 Å². The number of ether oxygens (including phenoxy) is 2. The van der Waals surface area contributed by atoms with Crippen molar-refractivity contribution in [2.24, 2.45) is 0 Å². The van der Waals surface area contributed by atoms with E-state index in [1.165, 1.54) is 17.0 Å². The number of aromatic carboxylic acids is 1. The molecule has 0 fully saturated rings. The molecule has 2 N–H and O–H groups in total. The molecule has 7 nitrogen and oxygen atoms in total. The minimum Gasteiger partial charge on any atom is -0.486 e. The van der Waals surface area contributed by atoms with Gasteiger partial charge in [-0.3, -0.25) is 0 Å². The van der Waals surface area contributed by atoms with E-state index in [2.05, 4.69) is 5.32 Å². The lowest BCUT2D eigenvalue weighted by molar-refractivity contribution is 0.0696. The van der Waals surface area contributed by atoms with Crippen LogP contribution in [0.3, 0.4) is 0 Å². The average Bonchev–Trinajstić information content (AvgIpc) is 2.65. The topological polar surface area (TPSA) is 88.1 Å². The van der Waals surface area contributed by atoms with Crippen LogP contribution in [0, 0.1) is 0 Å². The molecule has 0 saturated carbocycles. The smallest absolute Gasteiger partial charge is 0.414 e. The van der Waals surface area contributed by atoms with Crippen LogP contribution in [0.2, 0.25) is 0 Å². The predicted molar refractivity (Wildman–Crippen MR) is 101 cm³/mol. The lowest BCUT2D eigenvalue weighted by Gasteiger charge is -2.20. The molecule has 0 aromatic heterocycles. The van der Waals surface area contributed by atoms with Gasteiger partial charge in [0.2, 0.25) is 0 Å². The van der Waals surface area contributed by atoms with Crippen molar-refractivity contribution in [3.8, 4) is 11.5 Å². The number of carbonyl (C=O) groups excluding carboxylic acids is 1. The van der Waals surface area contributed by atoms with Gasteiger partial charge < -0.3 is 24.8 Å². The van der Waals surface area contributed by atoms with E-state index in [9.17, 15) is 9.59 Å². The Bertz CT molecular complexity index is 774. The number of hydrogen-bond acceptors (Lipinski definition) is 5. The van der Waals surface area contributed by atoms with Crippen LogP contribution >= 0.6 is 0 Å². The van der Waals surface area contributed by atoms with Gasteiger partial charge in [0.25, 0.3) is 0 Å². The standard InChI is InChI=1S/C20H24N2O5/c1-21-12-11-18(26-16-9-7-14(8-10-16)19(23)24)15-5-4-6-17(13-15)27-20(25)22(2)3/h4-10,13,18,21H,11-12H2,1-3H3,(H,23,24). The van der Waals surface area contributed by atoms with Gasteiger partial charge in [0, 0.05) is 20.5 Å². The summed E-state index contributed by atoms with van der Waals surface area (Å²) in [5.41, 5.74) is 1.06. The van der Waals surface area contributed by atoms with Crippen LogP contribution in [-0.4, -0.2) is 49.8 Å². The van der Waals surface area contributed by atoms with E-state index in [0.29, 0.717) is 17.9 Å². The van der Waals surface area contributed by atoms with E-state index in [1.807, 2.05) is 13.1 Å². The van der Waals surface area contributed by atoms with Gasteiger partial charge in [-0.2, -0.15) is 0 Å². The molecule has 0 aliphatic rings. The highest BCUT2D eigenvalue weighted by atomic mass is 16.6. The van der Waals surface area contributed by atoms with Crippen molar-refractivity contribution in [2.45, 2.75) is 12.5 Å². The van der Waals surface area contributed by atoms with Gasteiger partial charge in [0.05, 0.1) is 5.56 Å². The van der Waals surface area contributed by atoms with E-state index < -0.39 is 12.1 Å². The maximum Gasteiger partial charge on any atom is 0.414 e. The average molecular weight is 372 g/mol. The van der Waals surface area contributed by atoms with Crippen molar-refractivity contribution in [3.05, 3.63) is 59.7 Å². The van der Waals surface area contributed by atoms with Crippen molar-refractivity contribution >= 4 is 12.1 Å². The Morgan fingerprint density at radius 3 is 2.41 bits per heavy atom. The van der Waals surface area contributed by atoms with Gasteiger partial charge in [-0.25, -0.2) is 9.59 Å². The third kappa shape index (κ3) is 6.00. The second-order valence-corrected chi connectivity index (χ2v) is 6.16. The summed E-state index contributed by atoms with van der Waals surface area (Å²) in [5, 5.41) is 12.1. The highest BCUT2D eigenvalue weighted by Gasteiger charge is 2.16. The number of amides is 1. The van der Waals surface area contributed by atoms with Gasteiger partial charge in [0.1, 0.15) is 17.6 Å². The van der Waals surface area contributed by atoms with Crippen LogP contribution in [0.5, 0.6) is 11.5 Å². The summed E-state index contributed by atoms with van der Waals surface area (Å²) in [5.74, 6) is 0.0194. The Kier molecular flexibility index (Phi) is 7.19. The molecule has 0 heterocycles. The zero-order valence-corrected chi connectivity index (χ0v) is 15.6. The van der Waals surface area contributed by atoms with Gasteiger partial charge in [-0.1, -0.05) is 12.1 Å². The number of benzene rings is 2. The van der Waals surface area contributed by atoms with Crippen LogP contribution in [0.1, 0.15) is 28.4 Å². The molecule has 0 aliphatic carbocycles. The fourth-order valence-electron chi connectivity index (χ4n) is 2.38. The first-order valence-corrected chi connectivity index (χ1v) is 8.54. The van der Waals surface area contributed by atoms with E-state index >= 15 is 0 Å². The second-order valence-electron chi connectivity index (χ2n) is 6.16. The molecule has 2 rings (SSSR count). The maximum atomic E-state index is 11.8. The lowest BCUT2D eigenvalue weighted by atomic mass is 10.1. The zero-order chi connectivity index (χ0) is 19.8. The van der Waals surface area contributed by atoms with Crippen molar-refractivity contribution in [2.75, 3.05) is 27.7 Å². The second kappa shape index (κ2) is 9.59. The van der Waals surface area contributed by atoms with E-state index in [-0.39, 0.29) is 11.7 Å². The van der Waals surface area contributed by atoms with E-state index in [0.717, 1.165) is 12.1 Å². The SMILES string of the molecule is CNCCC(Oc1ccc(C(=O)O)cc1)c1cccc(OC(=O)N(C)C)c1. The zero-order valence-electron chi connectivity index (χ0n) is 15.6. The number of nitrogens with one attached hydrogen (secondary N) is 1. The lowest BCUT2D eigenvalue weighted by Crippen LogP contribution is -2.25. The Morgan fingerprint density at radius 1 is 1.11 bits per heavy atom. The summed E-state index contributed by atoms with van der Waals surface area (Å²) < 4.78 is 11.4. The van der Waals surface area contributed by atoms with Gasteiger partial charge in [-0.15, -0.1) is 0 Å².